The van der Waals surface area contributed by atoms with E-state index < -0.39 is 0 Å². The maximum Gasteiger partial charge on any atom is 0.0546 e. The van der Waals surface area contributed by atoms with E-state index in [0.29, 0.717) is 0 Å². The third-order valence-corrected chi connectivity index (χ3v) is 10.6. The molecule has 1 aromatic heterocycles. The fourth-order valence-electron chi connectivity index (χ4n) is 8.59. The summed E-state index contributed by atoms with van der Waals surface area (Å²) in [6.45, 7) is 0. The molecule has 0 fully saturated rings. The second-order valence-electron chi connectivity index (χ2n) is 13.3. The van der Waals surface area contributed by atoms with Gasteiger partial charge in [0.05, 0.1) is 22.4 Å². The highest BCUT2D eigenvalue weighted by Crippen LogP contribution is 2.56. The number of aromatic nitrogens is 1. The van der Waals surface area contributed by atoms with E-state index in [1.165, 1.54) is 82.1 Å². The largest absolute Gasteiger partial charge is 0.309 e. The Kier molecular flexibility index (Phi) is 5.70. The van der Waals surface area contributed by atoms with Crippen molar-refractivity contribution in [3.05, 3.63) is 182 Å². The van der Waals surface area contributed by atoms with Crippen LogP contribution in [0.15, 0.2) is 182 Å². The lowest BCUT2D eigenvalue weighted by Crippen LogP contribution is -2.12. The molecule has 0 aliphatic heterocycles. The van der Waals surface area contributed by atoms with Gasteiger partial charge in [-0.05, 0) is 98.2 Å². The Hall–Kier alpha value is -6.64. The molecule has 0 unspecified atom stereocenters. The second kappa shape index (κ2) is 10.4. The third-order valence-electron chi connectivity index (χ3n) is 10.6. The van der Waals surface area contributed by atoms with Gasteiger partial charge in [-0.3, -0.25) is 0 Å². The van der Waals surface area contributed by atoms with E-state index in [2.05, 4.69) is 191 Å². The van der Waals surface area contributed by atoms with Crippen molar-refractivity contribution in [1.29, 1.82) is 0 Å². The van der Waals surface area contributed by atoms with Gasteiger partial charge in [0.25, 0.3) is 0 Å². The monoisotopic (exact) mass is 634 g/mol. The molecule has 2 nitrogen and oxygen atoms in total. The Bertz CT molecular complexity index is 2980. The van der Waals surface area contributed by atoms with Crippen LogP contribution in [0.2, 0.25) is 0 Å². The molecule has 1 heterocycles. The predicted molar refractivity (Wildman–Crippen MR) is 212 cm³/mol. The van der Waals surface area contributed by atoms with Gasteiger partial charge >= 0.3 is 0 Å². The predicted octanol–water partition coefficient (Wildman–Crippen LogP) is 13.4. The van der Waals surface area contributed by atoms with Crippen molar-refractivity contribution in [3.8, 4) is 27.9 Å². The molecule has 0 spiro atoms. The van der Waals surface area contributed by atoms with Crippen LogP contribution in [-0.4, -0.2) is 4.57 Å². The maximum absolute atomic E-state index is 2.50. The van der Waals surface area contributed by atoms with E-state index in [-0.39, 0.29) is 0 Å². The molecule has 1 aliphatic carbocycles. The van der Waals surface area contributed by atoms with E-state index >= 15 is 0 Å². The van der Waals surface area contributed by atoms with Crippen LogP contribution in [0, 0.1) is 0 Å². The van der Waals surface area contributed by atoms with E-state index in [9.17, 15) is 0 Å². The molecule has 0 bridgehead atoms. The van der Waals surface area contributed by atoms with Gasteiger partial charge in [-0.2, -0.15) is 0 Å². The smallest absolute Gasteiger partial charge is 0.0546 e. The summed E-state index contributed by atoms with van der Waals surface area (Å²) in [6, 6.07) is 66.8. The molecule has 0 N–H and O–H groups in total. The zero-order valence-electron chi connectivity index (χ0n) is 27.2. The highest BCUT2D eigenvalue weighted by atomic mass is 15.1. The minimum atomic E-state index is 1.13. The lowest BCUT2D eigenvalue weighted by atomic mass is 9.96. The molecule has 232 valence electrons. The average Bonchev–Trinajstić information content (AvgIpc) is 3.70. The summed E-state index contributed by atoms with van der Waals surface area (Å²) in [7, 11) is 0. The van der Waals surface area contributed by atoms with Crippen LogP contribution in [0.3, 0.4) is 0 Å². The van der Waals surface area contributed by atoms with Crippen molar-refractivity contribution < 1.29 is 0 Å². The van der Waals surface area contributed by atoms with Gasteiger partial charge in [0, 0.05) is 33.1 Å². The second-order valence-corrected chi connectivity index (χ2v) is 13.3. The summed E-state index contributed by atoms with van der Waals surface area (Å²) in [4.78, 5) is 2.50. The van der Waals surface area contributed by atoms with E-state index in [0.717, 1.165) is 17.1 Å². The molecule has 0 saturated carbocycles. The zero-order valence-corrected chi connectivity index (χ0v) is 27.2. The minimum Gasteiger partial charge on any atom is -0.309 e. The van der Waals surface area contributed by atoms with Crippen molar-refractivity contribution in [1.82, 2.24) is 4.57 Å². The van der Waals surface area contributed by atoms with Gasteiger partial charge in [-0.25, -0.2) is 0 Å². The molecule has 9 aromatic carbocycles. The highest BCUT2D eigenvalue weighted by Gasteiger charge is 2.29. The van der Waals surface area contributed by atoms with Gasteiger partial charge in [0.1, 0.15) is 0 Å². The Morgan fingerprint density at radius 1 is 0.360 bits per heavy atom. The molecule has 1 aliphatic rings. The first-order chi connectivity index (χ1) is 24.8. The summed E-state index contributed by atoms with van der Waals surface area (Å²) in [5.41, 5.74) is 12.2. The quantitative estimate of drug-likeness (QED) is 0.175. The molecule has 0 atom stereocenters. The van der Waals surface area contributed by atoms with Crippen molar-refractivity contribution in [3.63, 3.8) is 0 Å². The van der Waals surface area contributed by atoms with E-state index in [1.807, 2.05) is 0 Å². The Morgan fingerprint density at radius 2 is 1.00 bits per heavy atom. The number of anilines is 3. The molecule has 50 heavy (non-hydrogen) atoms. The fourth-order valence-corrected chi connectivity index (χ4v) is 8.59. The van der Waals surface area contributed by atoms with Gasteiger partial charge in [0.2, 0.25) is 0 Å². The summed E-state index contributed by atoms with van der Waals surface area (Å²) in [5, 5.41) is 10.1. The highest BCUT2D eigenvalue weighted by molar-refractivity contribution is 6.26. The Balaban J connectivity index is 1.24. The Labute approximate surface area is 289 Å². The standard InChI is InChI=1S/C48H30N2/c1-2-17-34(18-3-1)49-43-24-9-8-21-38(43)41-30-35(27-28-44(41)49)50(42-25-11-15-31-13-4-6-19-36(31)42)45-26-12-23-40-47(45)39-22-10-16-33-29-32-14-5-7-20-37(32)48(40)46(33)39/h1-30H. The van der Waals surface area contributed by atoms with Gasteiger partial charge in [0.15, 0.2) is 0 Å². The number of rotatable bonds is 4. The molecule has 2 heteroatoms. The first kappa shape index (κ1) is 27.3. The van der Waals surface area contributed by atoms with Crippen LogP contribution in [0.25, 0.3) is 82.1 Å². The summed E-state index contributed by atoms with van der Waals surface area (Å²) < 4.78 is 2.39. The van der Waals surface area contributed by atoms with Crippen LogP contribution in [0.1, 0.15) is 0 Å². The first-order valence-electron chi connectivity index (χ1n) is 17.3. The number of fused-ring (bicyclic) bond motifs is 9. The average molecular weight is 635 g/mol. The summed E-state index contributed by atoms with van der Waals surface area (Å²) in [5.74, 6) is 0. The lowest BCUT2D eigenvalue weighted by molar-refractivity contribution is 1.18. The van der Waals surface area contributed by atoms with Crippen molar-refractivity contribution in [2.75, 3.05) is 4.90 Å². The van der Waals surface area contributed by atoms with E-state index in [1.54, 1.807) is 0 Å². The minimum absolute atomic E-state index is 1.13. The number of hydrogen-bond donors (Lipinski definition) is 0. The van der Waals surface area contributed by atoms with Gasteiger partial charge < -0.3 is 9.47 Å². The number of para-hydroxylation sites is 2. The lowest BCUT2D eigenvalue weighted by Gasteiger charge is -2.29. The topological polar surface area (TPSA) is 8.17 Å². The number of nitrogens with zero attached hydrogens (tertiary/aromatic N) is 2. The molecule has 0 amide bonds. The van der Waals surface area contributed by atoms with Crippen molar-refractivity contribution >= 4 is 71.2 Å². The van der Waals surface area contributed by atoms with Crippen LogP contribution < -0.4 is 4.90 Å². The Morgan fingerprint density at radius 3 is 1.90 bits per heavy atom. The molecular formula is C48H30N2. The number of benzene rings is 9. The summed E-state index contributed by atoms with van der Waals surface area (Å²) >= 11 is 0. The zero-order chi connectivity index (χ0) is 32.8. The van der Waals surface area contributed by atoms with Gasteiger partial charge in [-0.15, -0.1) is 0 Å². The van der Waals surface area contributed by atoms with Crippen molar-refractivity contribution in [2.24, 2.45) is 0 Å². The summed E-state index contributed by atoms with van der Waals surface area (Å²) in [6.07, 6.45) is 0. The van der Waals surface area contributed by atoms with Crippen LogP contribution in [0.5, 0.6) is 0 Å². The molecule has 10 aromatic rings. The molecule has 0 radical (unpaired) electrons. The van der Waals surface area contributed by atoms with Crippen molar-refractivity contribution in [2.45, 2.75) is 0 Å². The molecule has 0 saturated heterocycles. The normalized spacial score (nSPS) is 12.0. The van der Waals surface area contributed by atoms with Crippen LogP contribution in [-0.2, 0) is 0 Å². The van der Waals surface area contributed by atoms with Crippen LogP contribution >= 0.6 is 0 Å². The van der Waals surface area contributed by atoms with Gasteiger partial charge in [-0.1, -0.05) is 127 Å². The molecule has 11 rings (SSSR count). The van der Waals surface area contributed by atoms with Crippen LogP contribution in [0.4, 0.5) is 17.1 Å². The number of hydrogen-bond acceptors (Lipinski definition) is 1. The first-order valence-corrected chi connectivity index (χ1v) is 17.3. The maximum atomic E-state index is 2.50. The molecular weight excluding hydrogens is 605 g/mol. The fraction of sp³-hybridized carbons (Fsp3) is 0. The SMILES string of the molecule is c1ccc(-n2c3ccccc3c3cc(N(c4cccc5c4-c4cccc6cc7ccccc7c-5c46)c4cccc5ccccc45)ccc32)cc1. The van der Waals surface area contributed by atoms with E-state index in [4.69, 9.17) is 0 Å². The third kappa shape index (κ3) is 3.79.